The first-order valence-electron chi connectivity index (χ1n) is 9.79. The highest BCUT2D eigenvalue weighted by atomic mass is 16.5. The van der Waals surface area contributed by atoms with E-state index in [0.29, 0.717) is 32.2 Å². The second kappa shape index (κ2) is 8.19. The summed E-state index contributed by atoms with van der Waals surface area (Å²) in [5.41, 5.74) is 3.63. The highest BCUT2D eigenvalue weighted by Crippen LogP contribution is 2.44. The smallest absolute Gasteiger partial charge is 0.237 e. The maximum Gasteiger partial charge on any atom is 0.237 e. The SMILES string of the molecule is CC(C(=O)NCCn1ncc(-c2ccncc2)c1C1CC1)N1CCOCC1. The molecule has 1 saturated heterocycles. The van der Waals surface area contributed by atoms with Crippen LogP contribution in [0.3, 0.4) is 0 Å². The molecule has 2 aromatic rings. The van der Waals surface area contributed by atoms with Gasteiger partial charge in [-0.25, -0.2) is 0 Å². The van der Waals surface area contributed by atoms with Gasteiger partial charge in [0.25, 0.3) is 0 Å². The number of amides is 1. The van der Waals surface area contributed by atoms with E-state index in [0.717, 1.165) is 18.7 Å². The Morgan fingerprint density at radius 2 is 2.04 bits per heavy atom. The van der Waals surface area contributed by atoms with E-state index in [4.69, 9.17) is 4.74 Å². The Morgan fingerprint density at radius 1 is 1.30 bits per heavy atom. The summed E-state index contributed by atoms with van der Waals surface area (Å²) in [6, 6.07) is 3.93. The standard InChI is InChI=1S/C20H27N5O2/c1-15(24-10-12-27-13-11-24)20(26)22-8-9-25-19(17-2-3-17)18(14-23-25)16-4-6-21-7-5-16/h4-7,14-15,17H,2-3,8-13H2,1H3,(H,22,26). The first kappa shape index (κ1) is 18.1. The van der Waals surface area contributed by atoms with Gasteiger partial charge in [0.15, 0.2) is 0 Å². The Morgan fingerprint density at radius 3 is 2.74 bits per heavy atom. The zero-order valence-electron chi connectivity index (χ0n) is 15.8. The van der Waals surface area contributed by atoms with Crippen LogP contribution in [0.5, 0.6) is 0 Å². The molecule has 0 spiro atoms. The minimum Gasteiger partial charge on any atom is -0.379 e. The van der Waals surface area contributed by atoms with Crippen molar-refractivity contribution < 1.29 is 9.53 Å². The van der Waals surface area contributed by atoms with Crippen molar-refractivity contribution in [3.05, 3.63) is 36.4 Å². The Labute approximate surface area is 159 Å². The predicted molar refractivity (Wildman–Crippen MR) is 102 cm³/mol. The van der Waals surface area contributed by atoms with Gasteiger partial charge in [0.05, 0.1) is 32.0 Å². The maximum atomic E-state index is 12.5. The van der Waals surface area contributed by atoms with E-state index in [2.05, 4.69) is 25.0 Å². The van der Waals surface area contributed by atoms with Gasteiger partial charge in [-0.05, 0) is 37.5 Å². The third-order valence-corrected chi connectivity index (χ3v) is 5.43. The van der Waals surface area contributed by atoms with Gasteiger partial charge in [-0.15, -0.1) is 0 Å². The van der Waals surface area contributed by atoms with E-state index in [1.165, 1.54) is 24.1 Å². The van der Waals surface area contributed by atoms with E-state index in [-0.39, 0.29) is 11.9 Å². The molecule has 2 aromatic heterocycles. The number of nitrogens with one attached hydrogen (secondary N) is 1. The van der Waals surface area contributed by atoms with Gasteiger partial charge in [-0.2, -0.15) is 5.10 Å². The third-order valence-electron chi connectivity index (χ3n) is 5.43. The van der Waals surface area contributed by atoms with E-state index in [1.807, 2.05) is 37.6 Å². The predicted octanol–water partition coefficient (Wildman–Crippen LogP) is 1.66. The highest BCUT2D eigenvalue weighted by molar-refractivity contribution is 5.81. The zero-order valence-corrected chi connectivity index (χ0v) is 15.8. The van der Waals surface area contributed by atoms with Crippen LogP contribution in [0.15, 0.2) is 30.7 Å². The van der Waals surface area contributed by atoms with Crippen LogP contribution in [0.1, 0.15) is 31.4 Å². The molecule has 1 aliphatic carbocycles. The molecule has 144 valence electrons. The molecule has 7 nitrogen and oxygen atoms in total. The fourth-order valence-electron chi connectivity index (χ4n) is 3.68. The molecule has 1 unspecified atom stereocenters. The molecule has 3 heterocycles. The number of hydrogen-bond acceptors (Lipinski definition) is 5. The van der Waals surface area contributed by atoms with Gasteiger partial charge < -0.3 is 10.1 Å². The molecule has 7 heteroatoms. The summed E-state index contributed by atoms with van der Waals surface area (Å²) >= 11 is 0. The van der Waals surface area contributed by atoms with Crippen LogP contribution in [0.25, 0.3) is 11.1 Å². The maximum absolute atomic E-state index is 12.5. The van der Waals surface area contributed by atoms with Crippen molar-refractivity contribution in [3.63, 3.8) is 0 Å². The molecule has 1 aliphatic heterocycles. The van der Waals surface area contributed by atoms with Crippen LogP contribution < -0.4 is 5.32 Å². The van der Waals surface area contributed by atoms with E-state index in [1.54, 1.807) is 0 Å². The number of rotatable bonds is 7. The summed E-state index contributed by atoms with van der Waals surface area (Å²) in [5.74, 6) is 0.657. The largest absolute Gasteiger partial charge is 0.379 e. The van der Waals surface area contributed by atoms with Gasteiger partial charge in [0, 0.05) is 49.2 Å². The zero-order chi connectivity index (χ0) is 18.6. The summed E-state index contributed by atoms with van der Waals surface area (Å²) < 4.78 is 7.42. The lowest BCUT2D eigenvalue weighted by Crippen LogP contribution is -2.50. The van der Waals surface area contributed by atoms with E-state index < -0.39 is 0 Å². The average Bonchev–Trinajstić information content (AvgIpc) is 3.48. The molecule has 1 amide bonds. The molecule has 0 bridgehead atoms. The average molecular weight is 369 g/mol. The summed E-state index contributed by atoms with van der Waals surface area (Å²) in [4.78, 5) is 18.7. The molecular weight excluding hydrogens is 342 g/mol. The third kappa shape index (κ3) is 4.20. The van der Waals surface area contributed by atoms with Gasteiger partial charge in [-0.3, -0.25) is 19.4 Å². The molecule has 2 aliphatic rings. The number of hydrogen-bond donors (Lipinski definition) is 1. The van der Waals surface area contributed by atoms with Gasteiger partial charge in [0.1, 0.15) is 0 Å². The number of aromatic nitrogens is 3. The number of pyridine rings is 1. The Hall–Kier alpha value is -2.25. The van der Waals surface area contributed by atoms with Gasteiger partial charge in [-0.1, -0.05) is 0 Å². The van der Waals surface area contributed by atoms with Crippen LogP contribution >= 0.6 is 0 Å². The number of nitrogens with zero attached hydrogens (tertiary/aromatic N) is 4. The van der Waals surface area contributed by atoms with Crippen LogP contribution in [0.2, 0.25) is 0 Å². The summed E-state index contributed by atoms with van der Waals surface area (Å²) in [5, 5.41) is 7.67. The molecule has 1 atom stereocenters. The molecule has 1 saturated carbocycles. The summed E-state index contributed by atoms with van der Waals surface area (Å²) in [7, 11) is 0. The molecule has 1 N–H and O–H groups in total. The van der Waals surface area contributed by atoms with Crippen LogP contribution in [-0.4, -0.2) is 64.5 Å². The first-order chi connectivity index (χ1) is 13.2. The normalized spacial score (nSPS) is 19.0. The van der Waals surface area contributed by atoms with Crippen LogP contribution in [-0.2, 0) is 16.1 Å². The lowest BCUT2D eigenvalue weighted by molar-refractivity contribution is -0.127. The van der Waals surface area contributed by atoms with Crippen molar-refractivity contribution in [3.8, 4) is 11.1 Å². The van der Waals surface area contributed by atoms with Crippen molar-refractivity contribution in [1.29, 1.82) is 0 Å². The quantitative estimate of drug-likeness (QED) is 0.804. The lowest BCUT2D eigenvalue weighted by Gasteiger charge is -2.31. The van der Waals surface area contributed by atoms with Gasteiger partial charge in [0.2, 0.25) is 5.91 Å². The van der Waals surface area contributed by atoms with Crippen molar-refractivity contribution in [2.24, 2.45) is 0 Å². The molecule has 0 aromatic carbocycles. The molecular formula is C20H27N5O2. The number of ether oxygens (including phenoxy) is 1. The fourth-order valence-corrected chi connectivity index (χ4v) is 3.68. The second-order valence-electron chi connectivity index (χ2n) is 7.29. The Kier molecular flexibility index (Phi) is 5.50. The topological polar surface area (TPSA) is 72.3 Å². The highest BCUT2D eigenvalue weighted by Gasteiger charge is 2.30. The Bertz CT molecular complexity index is 766. The fraction of sp³-hybridized carbons (Fsp3) is 0.550. The molecule has 4 rings (SSSR count). The van der Waals surface area contributed by atoms with E-state index in [9.17, 15) is 4.79 Å². The van der Waals surface area contributed by atoms with Crippen molar-refractivity contribution in [2.75, 3.05) is 32.8 Å². The summed E-state index contributed by atoms with van der Waals surface area (Å²) in [6.07, 6.45) is 8.00. The Balaban J connectivity index is 1.37. The lowest BCUT2D eigenvalue weighted by atomic mass is 10.1. The number of carbonyl (C=O) groups is 1. The number of carbonyl (C=O) groups excluding carboxylic acids is 1. The van der Waals surface area contributed by atoms with E-state index >= 15 is 0 Å². The minimum absolute atomic E-state index is 0.0754. The van der Waals surface area contributed by atoms with Crippen molar-refractivity contribution >= 4 is 5.91 Å². The second-order valence-corrected chi connectivity index (χ2v) is 7.29. The number of morpholine rings is 1. The van der Waals surface area contributed by atoms with Gasteiger partial charge >= 0.3 is 0 Å². The molecule has 27 heavy (non-hydrogen) atoms. The molecule has 0 radical (unpaired) electrons. The van der Waals surface area contributed by atoms with Crippen molar-refractivity contribution in [2.45, 2.75) is 38.3 Å². The summed E-state index contributed by atoms with van der Waals surface area (Å²) in [6.45, 7) is 6.28. The monoisotopic (exact) mass is 369 g/mol. The van der Waals surface area contributed by atoms with Crippen LogP contribution in [0.4, 0.5) is 0 Å². The molecule has 2 fully saturated rings. The van der Waals surface area contributed by atoms with Crippen molar-refractivity contribution in [1.82, 2.24) is 25.0 Å². The minimum atomic E-state index is -0.123. The first-order valence-corrected chi connectivity index (χ1v) is 9.79. The van der Waals surface area contributed by atoms with Crippen LogP contribution in [0, 0.1) is 0 Å².